The average molecular weight is 360 g/mol. The van der Waals surface area contributed by atoms with E-state index in [2.05, 4.69) is 4.90 Å². The number of nitrogens with zero attached hydrogens (tertiary/aromatic N) is 2. The van der Waals surface area contributed by atoms with Crippen molar-refractivity contribution < 1.29 is 13.5 Å². The van der Waals surface area contributed by atoms with Gasteiger partial charge in [0, 0.05) is 31.9 Å². The van der Waals surface area contributed by atoms with Crippen LogP contribution in [0.1, 0.15) is 16.7 Å². The third-order valence-corrected chi connectivity index (χ3v) is 6.86. The van der Waals surface area contributed by atoms with Gasteiger partial charge in [0.2, 0.25) is 10.0 Å². The number of aromatic hydroxyl groups is 1. The zero-order valence-corrected chi connectivity index (χ0v) is 15.7. The maximum Gasteiger partial charge on any atom is 0.243 e. The summed E-state index contributed by atoms with van der Waals surface area (Å²) in [4.78, 5) is 2.58. The minimum absolute atomic E-state index is 0.232. The first-order valence-electron chi connectivity index (χ1n) is 8.41. The molecule has 0 saturated carbocycles. The normalized spacial score (nSPS) is 16.2. The van der Waals surface area contributed by atoms with Gasteiger partial charge in [0.1, 0.15) is 5.75 Å². The molecule has 0 bridgehead atoms. The lowest BCUT2D eigenvalue weighted by Gasteiger charge is -2.35. The maximum atomic E-state index is 13.1. The number of phenolic OH excluding ortho intramolecular Hbond substituents is 1. The lowest BCUT2D eigenvalue weighted by Crippen LogP contribution is -2.48. The SMILES string of the molecule is Cc1cc(C)c(S(=O)(=O)N2CCN(c3ccc(O)cc3)CC2)c(C)c1. The lowest BCUT2D eigenvalue weighted by molar-refractivity contribution is 0.384. The van der Waals surface area contributed by atoms with E-state index in [1.54, 1.807) is 16.4 Å². The summed E-state index contributed by atoms with van der Waals surface area (Å²) < 4.78 is 27.8. The summed E-state index contributed by atoms with van der Waals surface area (Å²) in [5.74, 6) is 0.232. The summed E-state index contributed by atoms with van der Waals surface area (Å²) in [5, 5.41) is 9.40. The Labute approximate surface area is 149 Å². The van der Waals surface area contributed by atoms with Crippen LogP contribution in [0.25, 0.3) is 0 Å². The average Bonchev–Trinajstić information content (AvgIpc) is 2.54. The number of hydrogen-bond donors (Lipinski definition) is 1. The minimum Gasteiger partial charge on any atom is -0.508 e. The van der Waals surface area contributed by atoms with Gasteiger partial charge in [-0.15, -0.1) is 0 Å². The standard InChI is InChI=1S/C19H24N2O3S/c1-14-12-15(2)19(16(3)13-14)25(23,24)21-10-8-20(9-11-21)17-4-6-18(22)7-5-17/h4-7,12-13,22H,8-11H2,1-3H3. The fourth-order valence-electron chi connectivity index (χ4n) is 3.55. The van der Waals surface area contributed by atoms with Gasteiger partial charge >= 0.3 is 0 Å². The Kier molecular flexibility index (Phi) is 4.75. The second-order valence-corrected chi connectivity index (χ2v) is 8.51. The van der Waals surface area contributed by atoms with E-state index < -0.39 is 10.0 Å². The van der Waals surface area contributed by atoms with Gasteiger partial charge in [-0.1, -0.05) is 17.7 Å². The zero-order chi connectivity index (χ0) is 18.2. The first kappa shape index (κ1) is 17.8. The molecule has 0 radical (unpaired) electrons. The van der Waals surface area contributed by atoms with Crippen molar-refractivity contribution in [3.05, 3.63) is 53.1 Å². The molecule has 0 aromatic heterocycles. The molecule has 1 fully saturated rings. The molecule has 2 aromatic carbocycles. The van der Waals surface area contributed by atoms with E-state index in [-0.39, 0.29) is 5.75 Å². The van der Waals surface area contributed by atoms with Crippen LogP contribution in [0, 0.1) is 20.8 Å². The molecule has 0 amide bonds. The van der Waals surface area contributed by atoms with Gasteiger partial charge in [-0.25, -0.2) is 8.42 Å². The topological polar surface area (TPSA) is 60.9 Å². The molecule has 6 heteroatoms. The van der Waals surface area contributed by atoms with Crippen LogP contribution in [0.15, 0.2) is 41.3 Å². The molecular weight excluding hydrogens is 336 g/mol. The first-order chi connectivity index (χ1) is 11.8. The van der Waals surface area contributed by atoms with Crippen molar-refractivity contribution in [3.63, 3.8) is 0 Å². The van der Waals surface area contributed by atoms with Crippen molar-refractivity contribution in [1.29, 1.82) is 0 Å². The number of benzene rings is 2. The highest BCUT2D eigenvalue weighted by atomic mass is 32.2. The summed E-state index contributed by atoms with van der Waals surface area (Å²) in [5.41, 5.74) is 3.68. The van der Waals surface area contributed by atoms with Crippen LogP contribution in [0.5, 0.6) is 5.75 Å². The Morgan fingerprint density at radius 3 is 1.92 bits per heavy atom. The van der Waals surface area contributed by atoms with Crippen molar-refractivity contribution in [2.75, 3.05) is 31.1 Å². The molecule has 0 unspecified atom stereocenters. The highest BCUT2D eigenvalue weighted by Gasteiger charge is 2.30. The molecule has 0 spiro atoms. The molecule has 1 heterocycles. The zero-order valence-electron chi connectivity index (χ0n) is 14.9. The molecule has 1 aliphatic rings. The van der Waals surface area contributed by atoms with E-state index >= 15 is 0 Å². The molecule has 25 heavy (non-hydrogen) atoms. The molecule has 1 aliphatic heterocycles. The number of hydrogen-bond acceptors (Lipinski definition) is 4. The first-order valence-corrected chi connectivity index (χ1v) is 9.85. The molecule has 0 atom stereocenters. The fourth-order valence-corrected chi connectivity index (χ4v) is 5.39. The lowest BCUT2D eigenvalue weighted by atomic mass is 10.1. The van der Waals surface area contributed by atoms with E-state index in [4.69, 9.17) is 0 Å². The summed E-state index contributed by atoms with van der Waals surface area (Å²) in [6.45, 7) is 7.87. The third kappa shape index (κ3) is 3.50. The highest BCUT2D eigenvalue weighted by Crippen LogP contribution is 2.27. The highest BCUT2D eigenvalue weighted by molar-refractivity contribution is 7.89. The molecule has 5 nitrogen and oxygen atoms in total. The summed E-state index contributed by atoms with van der Waals surface area (Å²) in [6, 6.07) is 10.9. The minimum atomic E-state index is -3.49. The van der Waals surface area contributed by atoms with Gasteiger partial charge in [-0.3, -0.25) is 0 Å². The van der Waals surface area contributed by atoms with Crippen LogP contribution >= 0.6 is 0 Å². The molecule has 1 N–H and O–H groups in total. The summed E-state index contributed by atoms with van der Waals surface area (Å²) >= 11 is 0. The monoisotopic (exact) mass is 360 g/mol. The van der Waals surface area contributed by atoms with E-state index in [0.29, 0.717) is 31.1 Å². The van der Waals surface area contributed by atoms with Crippen molar-refractivity contribution in [1.82, 2.24) is 4.31 Å². The van der Waals surface area contributed by atoms with Gasteiger partial charge in [0.15, 0.2) is 0 Å². The van der Waals surface area contributed by atoms with Crippen molar-refractivity contribution >= 4 is 15.7 Å². The summed E-state index contributed by atoms with van der Waals surface area (Å²) in [7, 11) is -3.49. The second-order valence-electron chi connectivity index (χ2n) is 6.64. The van der Waals surface area contributed by atoms with E-state index in [0.717, 1.165) is 22.4 Å². The predicted molar refractivity (Wildman–Crippen MR) is 99.7 cm³/mol. The number of rotatable bonds is 3. The van der Waals surface area contributed by atoms with Gasteiger partial charge in [0.25, 0.3) is 0 Å². The van der Waals surface area contributed by atoms with Crippen LogP contribution in [0.2, 0.25) is 0 Å². The summed E-state index contributed by atoms with van der Waals surface area (Å²) in [6.07, 6.45) is 0. The Bertz CT molecular complexity index is 845. The number of aryl methyl sites for hydroxylation is 3. The number of piperazine rings is 1. The van der Waals surface area contributed by atoms with Crippen LogP contribution in [-0.4, -0.2) is 44.0 Å². The number of anilines is 1. The maximum absolute atomic E-state index is 13.1. The molecule has 2 aromatic rings. The van der Waals surface area contributed by atoms with Crippen molar-refractivity contribution in [2.24, 2.45) is 0 Å². The van der Waals surface area contributed by atoms with Crippen molar-refractivity contribution in [2.45, 2.75) is 25.7 Å². The Morgan fingerprint density at radius 2 is 1.40 bits per heavy atom. The van der Waals surface area contributed by atoms with Gasteiger partial charge < -0.3 is 10.0 Å². The fraction of sp³-hybridized carbons (Fsp3) is 0.368. The van der Waals surface area contributed by atoms with Gasteiger partial charge in [0.05, 0.1) is 4.90 Å². The van der Waals surface area contributed by atoms with E-state index in [9.17, 15) is 13.5 Å². The van der Waals surface area contributed by atoms with Crippen LogP contribution in [-0.2, 0) is 10.0 Å². The van der Waals surface area contributed by atoms with Crippen LogP contribution in [0.3, 0.4) is 0 Å². The largest absolute Gasteiger partial charge is 0.508 e. The van der Waals surface area contributed by atoms with Gasteiger partial charge in [-0.05, 0) is 56.2 Å². The molecule has 134 valence electrons. The molecular formula is C19H24N2O3S. The van der Waals surface area contributed by atoms with E-state index in [1.807, 2.05) is 45.0 Å². The molecule has 1 saturated heterocycles. The Hall–Kier alpha value is -2.05. The molecule has 0 aliphatic carbocycles. The van der Waals surface area contributed by atoms with Crippen LogP contribution < -0.4 is 4.90 Å². The Morgan fingerprint density at radius 1 is 0.880 bits per heavy atom. The second kappa shape index (κ2) is 6.69. The Balaban J connectivity index is 1.79. The number of phenols is 1. The smallest absolute Gasteiger partial charge is 0.243 e. The van der Waals surface area contributed by atoms with Gasteiger partial charge in [-0.2, -0.15) is 4.31 Å². The predicted octanol–water partition coefficient (Wildman–Crippen LogP) is 2.83. The van der Waals surface area contributed by atoms with E-state index in [1.165, 1.54) is 0 Å². The van der Waals surface area contributed by atoms with Crippen molar-refractivity contribution in [3.8, 4) is 5.75 Å². The van der Waals surface area contributed by atoms with Crippen LogP contribution in [0.4, 0.5) is 5.69 Å². The quantitative estimate of drug-likeness (QED) is 0.914. The third-order valence-electron chi connectivity index (χ3n) is 4.66. The number of sulfonamides is 1. The molecule has 3 rings (SSSR count).